The third-order valence-corrected chi connectivity index (χ3v) is 6.63. The van der Waals surface area contributed by atoms with Crippen molar-refractivity contribution in [2.75, 3.05) is 6.54 Å². The van der Waals surface area contributed by atoms with Gasteiger partial charge in [-0.1, -0.05) is 0 Å². The number of fused-ring (bicyclic) bond motifs is 1. The molecule has 0 aromatic carbocycles. The number of hydrogen-bond acceptors (Lipinski definition) is 5. The van der Waals surface area contributed by atoms with Crippen molar-refractivity contribution in [1.82, 2.24) is 28.8 Å². The maximum atomic E-state index is 12.3. The molecule has 3 aromatic heterocycles. The number of aryl methyl sites for hydroxylation is 1. The monoisotopic (exact) mass is 440 g/mol. The van der Waals surface area contributed by atoms with Gasteiger partial charge in [0.1, 0.15) is 11.5 Å². The minimum Gasteiger partial charge on any atom is -0.285 e. The van der Waals surface area contributed by atoms with Crippen LogP contribution < -0.4 is 9.44 Å². The number of hydrogen-bond donors (Lipinski definition) is 2. The van der Waals surface area contributed by atoms with Crippen LogP contribution >= 0.6 is 0 Å². The van der Waals surface area contributed by atoms with Crippen LogP contribution in [-0.2, 0) is 22.1 Å². The number of pyridine rings is 1. The van der Waals surface area contributed by atoms with E-state index in [0.29, 0.717) is 18.4 Å². The highest BCUT2D eigenvalue weighted by Crippen LogP contribution is 2.43. The highest BCUT2D eigenvalue weighted by Gasteiger charge is 2.31. The molecule has 31 heavy (non-hydrogen) atoms. The number of carbonyl (C=O) groups excluding carboxylic acids is 1. The molecule has 0 radical (unpaired) electrons. The Bertz CT molecular complexity index is 1280. The van der Waals surface area contributed by atoms with Gasteiger partial charge in [0.15, 0.2) is 0 Å². The largest absolute Gasteiger partial charge is 0.301 e. The lowest BCUT2D eigenvalue weighted by Gasteiger charge is -2.08. The molecule has 10 heteroatoms. The summed E-state index contributed by atoms with van der Waals surface area (Å²) in [6.45, 7) is 0.360. The second-order valence-electron chi connectivity index (χ2n) is 8.22. The first-order chi connectivity index (χ1) is 14.9. The molecular weight excluding hydrogens is 416 g/mol. The summed E-state index contributed by atoms with van der Waals surface area (Å²) in [7, 11) is -2.01. The third-order valence-electron chi connectivity index (χ3n) is 5.62. The van der Waals surface area contributed by atoms with Crippen molar-refractivity contribution < 1.29 is 13.2 Å². The van der Waals surface area contributed by atoms with Crippen LogP contribution in [0.3, 0.4) is 0 Å². The van der Waals surface area contributed by atoms with E-state index in [-0.39, 0.29) is 0 Å². The van der Waals surface area contributed by atoms with Gasteiger partial charge in [0.05, 0.1) is 5.69 Å². The molecule has 0 atom stereocenters. The van der Waals surface area contributed by atoms with Crippen LogP contribution in [0.25, 0.3) is 22.9 Å². The van der Waals surface area contributed by atoms with E-state index in [1.54, 1.807) is 17.0 Å². The molecule has 3 heterocycles. The minimum absolute atomic E-state index is 0.349. The Morgan fingerprint density at radius 3 is 2.81 bits per heavy atom. The van der Waals surface area contributed by atoms with Crippen LogP contribution in [-0.4, -0.2) is 40.2 Å². The Labute approximate surface area is 180 Å². The van der Waals surface area contributed by atoms with Gasteiger partial charge in [-0.25, -0.2) is 9.71 Å². The van der Waals surface area contributed by atoms with E-state index < -0.39 is 16.1 Å². The Morgan fingerprint density at radius 2 is 2.06 bits per heavy atom. The Kier molecular flexibility index (Phi) is 4.90. The van der Waals surface area contributed by atoms with Gasteiger partial charge in [-0.3, -0.25) is 14.0 Å². The standard InChI is InChI=1S/C21H24N6O3S/c1-26-21(27-12-10-16-3-2-11-22-20(16)27)17(19(24-26)15-6-7-15)8-9-18(28)25-31(29,30)23-13-14-4-5-14/h2-3,8-12,14-15,23H,4-7,13H2,1H3,(H,25,28). The van der Waals surface area contributed by atoms with Crippen molar-refractivity contribution >= 4 is 33.2 Å². The lowest BCUT2D eigenvalue weighted by Crippen LogP contribution is -2.40. The average molecular weight is 441 g/mol. The van der Waals surface area contributed by atoms with Crippen LogP contribution in [0.4, 0.5) is 0 Å². The molecule has 0 aliphatic heterocycles. The van der Waals surface area contributed by atoms with E-state index >= 15 is 0 Å². The molecule has 2 aliphatic rings. The summed E-state index contributed by atoms with van der Waals surface area (Å²) in [5.41, 5.74) is 2.50. The Hall–Kier alpha value is -2.98. The summed E-state index contributed by atoms with van der Waals surface area (Å²) in [6, 6.07) is 5.85. The van der Waals surface area contributed by atoms with E-state index in [4.69, 9.17) is 5.10 Å². The topological polar surface area (TPSA) is 111 Å². The first-order valence-corrected chi connectivity index (χ1v) is 11.9. The average Bonchev–Trinajstić information content (AvgIpc) is 3.65. The fourth-order valence-corrected chi connectivity index (χ4v) is 4.56. The first-order valence-electron chi connectivity index (χ1n) is 10.4. The zero-order chi connectivity index (χ0) is 21.6. The minimum atomic E-state index is -3.87. The fraction of sp³-hybridized carbons (Fsp3) is 0.381. The molecular formula is C21H24N6O3S. The van der Waals surface area contributed by atoms with Gasteiger partial charge in [-0.15, -0.1) is 0 Å². The van der Waals surface area contributed by atoms with Crippen molar-refractivity contribution in [2.24, 2.45) is 13.0 Å². The predicted octanol–water partition coefficient (Wildman–Crippen LogP) is 2.01. The molecule has 2 N–H and O–H groups in total. The normalized spacial score (nSPS) is 16.9. The zero-order valence-corrected chi connectivity index (χ0v) is 18.0. The van der Waals surface area contributed by atoms with Crippen molar-refractivity contribution in [1.29, 1.82) is 0 Å². The summed E-state index contributed by atoms with van der Waals surface area (Å²) < 4.78 is 32.3. The lowest BCUT2D eigenvalue weighted by molar-refractivity contribution is -0.114. The Balaban J connectivity index is 1.45. The number of rotatable bonds is 8. The number of amides is 1. The quantitative estimate of drug-likeness (QED) is 0.521. The molecule has 9 nitrogen and oxygen atoms in total. The van der Waals surface area contributed by atoms with E-state index in [0.717, 1.165) is 53.8 Å². The van der Waals surface area contributed by atoms with Gasteiger partial charge in [-0.05, 0) is 55.9 Å². The summed E-state index contributed by atoms with van der Waals surface area (Å²) in [5, 5.41) is 5.70. The maximum Gasteiger partial charge on any atom is 0.301 e. The first kappa shape index (κ1) is 20.0. The van der Waals surface area contributed by atoms with Gasteiger partial charge in [-0.2, -0.15) is 18.2 Å². The molecule has 5 rings (SSSR count). The molecule has 0 saturated heterocycles. The molecule has 162 valence electrons. The van der Waals surface area contributed by atoms with Crippen molar-refractivity contribution in [3.8, 4) is 5.82 Å². The number of nitrogens with zero attached hydrogens (tertiary/aromatic N) is 4. The van der Waals surface area contributed by atoms with Crippen LogP contribution in [0, 0.1) is 5.92 Å². The van der Waals surface area contributed by atoms with E-state index in [9.17, 15) is 13.2 Å². The summed E-state index contributed by atoms with van der Waals surface area (Å²) in [5.74, 6) is 0.817. The SMILES string of the molecule is Cn1nc(C2CC2)c(C=CC(=O)NS(=O)(=O)NCC2CC2)c1-n1ccc2cccnc21. The molecule has 3 aromatic rings. The molecule has 0 bridgehead atoms. The second kappa shape index (κ2) is 7.61. The van der Waals surface area contributed by atoms with Crippen LogP contribution in [0.2, 0.25) is 0 Å². The van der Waals surface area contributed by atoms with Crippen molar-refractivity contribution in [3.05, 3.63) is 47.9 Å². The smallest absolute Gasteiger partial charge is 0.285 e. The van der Waals surface area contributed by atoms with E-state index in [1.807, 2.05) is 36.0 Å². The van der Waals surface area contributed by atoms with Crippen molar-refractivity contribution in [2.45, 2.75) is 31.6 Å². The van der Waals surface area contributed by atoms with E-state index in [2.05, 4.69) is 14.4 Å². The lowest BCUT2D eigenvalue weighted by atomic mass is 10.1. The maximum absolute atomic E-state index is 12.3. The fourth-order valence-electron chi connectivity index (χ4n) is 3.70. The summed E-state index contributed by atoms with van der Waals surface area (Å²) in [6.07, 6.45) is 10.7. The van der Waals surface area contributed by atoms with Gasteiger partial charge in [0, 0.05) is 48.9 Å². The molecule has 0 unspecified atom stereocenters. The third kappa shape index (κ3) is 4.26. The van der Waals surface area contributed by atoms with Gasteiger partial charge in [0.2, 0.25) is 0 Å². The van der Waals surface area contributed by atoms with Crippen LogP contribution in [0.1, 0.15) is 42.9 Å². The zero-order valence-electron chi connectivity index (χ0n) is 17.2. The molecule has 2 saturated carbocycles. The molecule has 2 aliphatic carbocycles. The molecule has 0 spiro atoms. The highest BCUT2D eigenvalue weighted by molar-refractivity contribution is 7.88. The predicted molar refractivity (Wildman–Crippen MR) is 117 cm³/mol. The molecule has 2 fully saturated rings. The van der Waals surface area contributed by atoms with Crippen LogP contribution in [0.15, 0.2) is 36.7 Å². The van der Waals surface area contributed by atoms with Gasteiger partial charge >= 0.3 is 10.2 Å². The molecule has 1 amide bonds. The van der Waals surface area contributed by atoms with Crippen molar-refractivity contribution in [3.63, 3.8) is 0 Å². The number of aromatic nitrogens is 4. The highest BCUT2D eigenvalue weighted by atomic mass is 32.2. The van der Waals surface area contributed by atoms with Crippen LogP contribution in [0.5, 0.6) is 0 Å². The van der Waals surface area contributed by atoms with Gasteiger partial charge < -0.3 is 0 Å². The summed E-state index contributed by atoms with van der Waals surface area (Å²) in [4.78, 5) is 16.8. The second-order valence-corrected chi connectivity index (χ2v) is 9.72. The Morgan fingerprint density at radius 1 is 1.26 bits per heavy atom. The summed E-state index contributed by atoms with van der Waals surface area (Å²) >= 11 is 0. The van der Waals surface area contributed by atoms with Gasteiger partial charge in [0.25, 0.3) is 5.91 Å². The number of nitrogens with one attached hydrogen (secondary N) is 2. The number of carbonyl (C=O) groups is 1. The van der Waals surface area contributed by atoms with E-state index in [1.165, 1.54) is 6.08 Å².